The highest BCUT2D eigenvalue weighted by molar-refractivity contribution is 5.80. The first-order valence-electron chi connectivity index (χ1n) is 6.18. The quantitative estimate of drug-likeness (QED) is 0.744. The first kappa shape index (κ1) is 11.1. The Morgan fingerprint density at radius 1 is 0.889 bits per heavy atom. The van der Waals surface area contributed by atoms with Gasteiger partial charge in [-0.25, -0.2) is 0 Å². The number of rotatable bonds is 3. The maximum Gasteiger partial charge on any atom is 0.0486 e. The highest BCUT2D eigenvalue weighted by atomic mass is 14.9. The minimum atomic E-state index is 0.590. The van der Waals surface area contributed by atoms with Gasteiger partial charge < -0.3 is 10.3 Å². The minimum absolute atomic E-state index is 0.590. The van der Waals surface area contributed by atoms with Crippen LogP contribution in [0, 0.1) is 0 Å². The number of aromatic nitrogens is 1. The van der Waals surface area contributed by atoms with E-state index in [9.17, 15) is 0 Å². The summed E-state index contributed by atoms with van der Waals surface area (Å²) in [7, 11) is 0. The summed E-state index contributed by atoms with van der Waals surface area (Å²) in [5, 5.41) is 1.27. The Morgan fingerprint density at radius 2 is 1.72 bits per heavy atom. The summed E-state index contributed by atoms with van der Waals surface area (Å²) >= 11 is 0. The molecule has 2 aromatic carbocycles. The lowest BCUT2D eigenvalue weighted by Gasteiger charge is -2.06. The summed E-state index contributed by atoms with van der Waals surface area (Å²) in [6.45, 7) is 1.49. The SMILES string of the molecule is NCc1ccc2ccn(Cc3ccccc3)c2c1. The van der Waals surface area contributed by atoms with Crippen LogP contribution in [-0.4, -0.2) is 4.57 Å². The van der Waals surface area contributed by atoms with Crippen molar-refractivity contribution in [3.63, 3.8) is 0 Å². The highest BCUT2D eigenvalue weighted by Gasteiger charge is 2.02. The smallest absolute Gasteiger partial charge is 0.0486 e. The van der Waals surface area contributed by atoms with Crippen molar-refractivity contribution in [3.8, 4) is 0 Å². The van der Waals surface area contributed by atoms with Crippen LogP contribution in [0.3, 0.4) is 0 Å². The van der Waals surface area contributed by atoms with Gasteiger partial charge in [-0.1, -0.05) is 42.5 Å². The van der Waals surface area contributed by atoms with Crippen LogP contribution in [0.15, 0.2) is 60.8 Å². The molecule has 0 saturated heterocycles. The van der Waals surface area contributed by atoms with Crippen molar-refractivity contribution in [3.05, 3.63) is 71.9 Å². The Labute approximate surface area is 107 Å². The molecule has 0 spiro atoms. The molecule has 0 saturated carbocycles. The summed E-state index contributed by atoms with van der Waals surface area (Å²) in [5.74, 6) is 0. The second-order valence-corrected chi connectivity index (χ2v) is 4.53. The molecule has 3 aromatic rings. The molecule has 0 aliphatic rings. The van der Waals surface area contributed by atoms with Crippen molar-refractivity contribution in [2.75, 3.05) is 0 Å². The van der Waals surface area contributed by atoms with Gasteiger partial charge in [0.25, 0.3) is 0 Å². The van der Waals surface area contributed by atoms with E-state index in [2.05, 4.69) is 59.3 Å². The molecule has 0 amide bonds. The molecule has 3 rings (SSSR count). The maximum absolute atomic E-state index is 5.70. The molecular formula is C16H16N2. The Hall–Kier alpha value is -2.06. The molecule has 0 bridgehead atoms. The van der Waals surface area contributed by atoms with E-state index in [4.69, 9.17) is 5.73 Å². The van der Waals surface area contributed by atoms with Crippen molar-refractivity contribution in [2.24, 2.45) is 5.73 Å². The lowest BCUT2D eigenvalue weighted by molar-refractivity contribution is 0.836. The third-order valence-electron chi connectivity index (χ3n) is 3.27. The van der Waals surface area contributed by atoms with Gasteiger partial charge in [-0.2, -0.15) is 0 Å². The van der Waals surface area contributed by atoms with Gasteiger partial charge in [0.05, 0.1) is 0 Å². The maximum atomic E-state index is 5.70. The fourth-order valence-corrected chi connectivity index (χ4v) is 2.27. The van der Waals surface area contributed by atoms with Crippen molar-refractivity contribution in [1.82, 2.24) is 4.57 Å². The molecule has 1 heterocycles. The van der Waals surface area contributed by atoms with Gasteiger partial charge in [0, 0.05) is 24.8 Å². The normalized spacial score (nSPS) is 10.9. The van der Waals surface area contributed by atoms with Gasteiger partial charge in [-0.3, -0.25) is 0 Å². The molecule has 2 nitrogen and oxygen atoms in total. The molecular weight excluding hydrogens is 220 g/mol. The third kappa shape index (κ3) is 2.03. The topological polar surface area (TPSA) is 30.9 Å². The fraction of sp³-hybridized carbons (Fsp3) is 0.125. The number of hydrogen-bond acceptors (Lipinski definition) is 1. The first-order chi connectivity index (χ1) is 8.86. The zero-order valence-corrected chi connectivity index (χ0v) is 10.2. The van der Waals surface area contributed by atoms with Gasteiger partial charge in [-0.15, -0.1) is 0 Å². The molecule has 0 radical (unpaired) electrons. The largest absolute Gasteiger partial charge is 0.343 e. The third-order valence-corrected chi connectivity index (χ3v) is 3.27. The van der Waals surface area contributed by atoms with E-state index in [1.54, 1.807) is 0 Å². The Bertz CT molecular complexity index is 653. The van der Waals surface area contributed by atoms with Gasteiger partial charge in [0.2, 0.25) is 0 Å². The lowest BCUT2D eigenvalue weighted by atomic mass is 10.1. The molecule has 1 aromatic heterocycles. The Kier molecular flexibility index (Phi) is 2.87. The summed E-state index contributed by atoms with van der Waals surface area (Å²) in [5.41, 5.74) is 9.44. The van der Waals surface area contributed by atoms with E-state index in [1.165, 1.54) is 22.0 Å². The molecule has 0 aliphatic carbocycles. The monoisotopic (exact) mass is 236 g/mol. The molecule has 0 aliphatic heterocycles. The predicted molar refractivity (Wildman–Crippen MR) is 75.4 cm³/mol. The van der Waals surface area contributed by atoms with Crippen LogP contribution in [0.25, 0.3) is 10.9 Å². The van der Waals surface area contributed by atoms with Gasteiger partial charge >= 0.3 is 0 Å². The molecule has 0 atom stereocenters. The van der Waals surface area contributed by atoms with Gasteiger partial charge in [0.15, 0.2) is 0 Å². The van der Waals surface area contributed by atoms with Crippen LogP contribution in [0.4, 0.5) is 0 Å². The minimum Gasteiger partial charge on any atom is -0.343 e. The Morgan fingerprint density at radius 3 is 2.50 bits per heavy atom. The van der Waals surface area contributed by atoms with E-state index >= 15 is 0 Å². The predicted octanol–water partition coefficient (Wildman–Crippen LogP) is 3.15. The molecule has 2 heteroatoms. The second kappa shape index (κ2) is 4.67. The van der Waals surface area contributed by atoms with E-state index in [1.807, 2.05) is 6.07 Å². The summed E-state index contributed by atoms with van der Waals surface area (Å²) in [6.07, 6.45) is 2.14. The highest BCUT2D eigenvalue weighted by Crippen LogP contribution is 2.18. The van der Waals surface area contributed by atoms with E-state index in [0.29, 0.717) is 6.54 Å². The van der Waals surface area contributed by atoms with E-state index < -0.39 is 0 Å². The number of nitrogens with zero attached hydrogens (tertiary/aromatic N) is 1. The van der Waals surface area contributed by atoms with Crippen molar-refractivity contribution >= 4 is 10.9 Å². The molecule has 2 N–H and O–H groups in total. The van der Waals surface area contributed by atoms with Gasteiger partial charge in [0.1, 0.15) is 0 Å². The van der Waals surface area contributed by atoms with Crippen LogP contribution in [0.1, 0.15) is 11.1 Å². The molecule has 18 heavy (non-hydrogen) atoms. The lowest BCUT2D eigenvalue weighted by Crippen LogP contribution is -1.99. The van der Waals surface area contributed by atoms with Crippen LogP contribution in [0.5, 0.6) is 0 Å². The average Bonchev–Trinajstić information content (AvgIpc) is 2.82. The zero-order valence-electron chi connectivity index (χ0n) is 10.2. The molecule has 90 valence electrons. The summed E-state index contributed by atoms with van der Waals surface area (Å²) in [4.78, 5) is 0. The standard InChI is InChI=1S/C16H16N2/c17-11-14-6-7-15-8-9-18(16(15)10-14)12-13-4-2-1-3-5-13/h1-10H,11-12,17H2. The average molecular weight is 236 g/mol. The van der Waals surface area contributed by atoms with Gasteiger partial charge in [-0.05, 0) is 28.6 Å². The molecule has 0 fully saturated rings. The summed E-state index contributed by atoms with van der Waals surface area (Å²) in [6, 6.07) is 19.1. The van der Waals surface area contributed by atoms with Crippen molar-refractivity contribution in [2.45, 2.75) is 13.1 Å². The van der Waals surface area contributed by atoms with E-state index in [0.717, 1.165) is 6.54 Å². The van der Waals surface area contributed by atoms with Crippen molar-refractivity contribution in [1.29, 1.82) is 0 Å². The fourth-order valence-electron chi connectivity index (χ4n) is 2.27. The zero-order chi connectivity index (χ0) is 12.4. The number of benzene rings is 2. The Balaban J connectivity index is 2.01. The first-order valence-corrected chi connectivity index (χ1v) is 6.18. The number of hydrogen-bond donors (Lipinski definition) is 1. The van der Waals surface area contributed by atoms with Crippen molar-refractivity contribution < 1.29 is 0 Å². The van der Waals surface area contributed by atoms with Crippen LogP contribution in [0.2, 0.25) is 0 Å². The summed E-state index contributed by atoms with van der Waals surface area (Å²) < 4.78 is 2.27. The number of fused-ring (bicyclic) bond motifs is 1. The molecule has 0 unspecified atom stereocenters. The number of nitrogens with two attached hydrogens (primary N) is 1. The van der Waals surface area contributed by atoms with Crippen LogP contribution in [-0.2, 0) is 13.1 Å². The van der Waals surface area contributed by atoms with Crippen LogP contribution < -0.4 is 5.73 Å². The van der Waals surface area contributed by atoms with Crippen LogP contribution >= 0.6 is 0 Å². The van der Waals surface area contributed by atoms with E-state index in [-0.39, 0.29) is 0 Å². The second-order valence-electron chi connectivity index (χ2n) is 4.53.